The Balaban J connectivity index is 2.03. The number of aliphatic carboxylic acids is 1. The second-order valence-corrected chi connectivity index (χ2v) is 6.77. The smallest absolute Gasteiger partial charge is 0.326 e. The van der Waals surface area contributed by atoms with E-state index in [9.17, 15) is 24.3 Å². The van der Waals surface area contributed by atoms with Gasteiger partial charge in [-0.05, 0) is 25.3 Å². The van der Waals surface area contributed by atoms with Crippen LogP contribution in [0.15, 0.2) is 30.3 Å². The largest absolute Gasteiger partial charge is 0.480 e. The van der Waals surface area contributed by atoms with Crippen molar-refractivity contribution in [3.05, 3.63) is 35.9 Å². The van der Waals surface area contributed by atoms with Crippen LogP contribution >= 0.6 is 0 Å². The minimum Gasteiger partial charge on any atom is -0.480 e. The number of carboxylic acids is 1. The van der Waals surface area contributed by atoms with E-state index in [4.69, 9.17) is 5.73 Å². The van der Waals surface area contributed by atoms with Crippen LogP contribution in [0.4, 0.5) is 0 Å². The molecule has 5 N–H and O–H groups in total. The number of hydrogen-bond donors (Lipinski definition) is 4. The van der Waals surface area contributed by atoms with Crippen LogP contribution in [0.3, 0.4) is 0 Å². The number of nitrogens with one attached hydrogen (secondary N) is 2. The van der Waals surface area contributed by atoms with Gasteiger partial charge in [-0.1, -0.05) is 30.3 Å². The van der Waals surface area contributed by atoms with E-state index in [2.05, 4.69) is 10.6 Å². The molecule has 1 heterocycles. The number of nitrogens with two attached hydrogens (primary N) is 1. The molecule has 0 radical (unpaired) electrons. The third-order valence-corrected chi connectivity index (χ3v) is 4.67. The molecule has 3 atom stereocenters. The molecule has 2 rings (SSSR count). The molecule has 0 bridgehead atoms. The molecule has 1 saturated heterocycles. The van der Waals surface area contributed by atoms with E-state index in [1.54, 1.807) is 24.3 Å². The molecule has 3 unspecified atom stereocenters. The third-order valence-electron chi connectivity index (χ3n) is 4.67. The number of hydrogen-bond acceptors (Lipinski definition) is 5. The summed E-state index contributed by atoms with van der Waals surface area (Å²) in [7, 11) is 0. The summed E-state index contributed by atoms with van der Waals surface area (Å²) in [5.41, 5.74) is 6.02. The molecule has 0 aromatic heterocycles. The molecule has 1 aliphatic rings. The molecule has 0 saturated carbocycles. The number of carbonyl (C=O) groups excluding carboxylic acids is 3. The number of benzene rings is 1. The van der Waals surface area contributed by atoms with Crippen molar-refractivity contribution in [3.8, 4) is 0 Å². The number of carboxylic acid groups (broad SMARTS) is 1. The van der Waals surface area contributed by atoms with Gasteiger partial charge in [0, 0.05) is 13.0 Å². The average molecular weight is 390 g/mol. The second kappa shape index (κ2) is 9.84. The van der Waals surface area contributed by atoms with E-state index in [0.717, 1.165) is 5.56 Å². The topological polar surface area (TPSA) is 142 Å². The molecule has 9 heteroatoms. The number of amides is 3. The van der Waals surface area contributed by atoms with Crippen LogP contribution in [-0.2, 0) is 25.6 Å². The predicted molar refractivity (Wildman–Crippen MR) is 101 cm³/mol. The Kier molecular flexibility index (Phi) is 7.51. The Morgan fingerprint density at radius 1 is 1.21 bits per heavy atom. The Labute approximate surface area is 163 Å². The number of rotatable bonds is 8. The van der Waals surface area contributed by atoms with Crippen molar-refractivity contribution in [2.75, 3.05) is 13.1 Å². The van der Waals surface area contributed by atoms with Crippen molar-refractivity contribution in [3.63, 3.8) is 0 Å². The highest BCUT2D eigenvalue weighted by atomic mass is 16.4. The standard InChI is InChI=1S/C19H26N4O5/c1-12(21-16(24)11-20)18(26)23-9-5-8-15(23)17(25)22-14(19(27)28)10-13-6-3-2-4-7-13/h2-4,6-7,12,14-15H,5,8-11,20H2,1H3,(H,21,24)(H,22,25)(H,27,28). The summed E-state index contributed by atoms with van der Waals surface area (Å²) >= 11 is 0. The Morgan fingerprint density at radius 3 is 2.50 bits per heavy atom. The van der Waals surface area contributed by atoms with Gasteiger partial charge in [-0.3, -0.25) is 14.4 Å². The van der Waals surface area contributed by atoms with Gasteiger partial charge in [0.05, 0.1) is 6.54 Å². The maximum atomic E-state index is 12.7. The van der Waals surface area contributed by atoms with Crippen molar-refractivity contribution in [1.82, 2.24) is 15.5 Å². The van der Waals surface area contributed by atoms with Crippen molar-refractivity contribution in [1.29, 1.82) is 0 Å². The van der Waals surface area contributed by atoms with Crippen LogP contribution in [-0.4, -0.2) is 64.9 Å². The zero-order valence-electron chi connectivity index (χ0n) is 15.8. The van der Waals surface area contributed by atoms with Crippen LogP contribution in [0, 0.1) is 0 Å². The van der Waals surface area contributed by atoms with E-state index >= 15 is 0 Å². The zero-order valence-corrected chi connectivity index (χ0v) is 15.8. The summed E-state index contributed by atoms with van der Waals surface area (Å²) in [4.78, 5) is 49.7. The molecule has 1 aliphatic heterocycles. The lowest BCUT2D eigenvalue weighted by Gasteiger charge is -2.28. The lowest BCUT2D eigenvalue weighted by molar-refractivity contribution is -0.144. The normalized spacial score (nSPS) is 18.2. The average Bonchev–Trinajstić information content (AvgIpc) is 3.17. The third kappa shape index (κ3) is 5.53. The van der Waals surface area contributed by atoms with Crippen molar-refractivity contribution >= 4 is 23.7 Å². The summed E-state index contributed by atoms with van der Waals surface area (Å²) in [5, 5.41) is 14.5. The first kappa shape index (κ1) is 21.4. The lowest BCUT2D eigenvalue weighted by atomic mass is 10.1. The fraction of sp³-hybridized carbons (Fsp3) is 0.474. The summed E-state index contributed by atoms with van der Waals surface area (Å²) in [5.74, 6) is -2.51. The first-order chi connectivity index (χ1) is 13.3. The number of likely N-dealkylation sites (tertiary alicyclic amines) is 1. The van der Waals surface area contributed by atoms with Gasteiger partial charge < -0.3 is 26.4 Å². The number of nitrogens with zero attached hydrogens (tertiary/aromatic N) is 1. The minimum atomic E-state index is -1.14. The first-order valence-electron chi connectivity index (χ1n) is 9.20. The summed E-state index contributed by atoms with van der Waals surface area (Å²) in [6.45, 7) is 1.66. The summed E-state index contributed by atoms with van der Waals surface area (Å²) in [6, 6.07) is 6.32. The van der Waals surface area contributed by atoms with E-state index in [-0.39, 0.29) is 13.0 Å². The van der Waals surface area contributed by atoms with E-state index in [0.29, 0.717) is 19.4 Å². The molecule has 3 amide bonds. The maximum Gasteiger partial charge on any atom is 0.326 e. The Morgan fingerprint density at radius 2 is 1.89 bits per heavy atom. The molecular weight excluding hydrogens is 364 g/mol. The minimum absolute atomic E-state index is 0.144. The molecule has 28 heavy (non-hydrogen) atoms. The van der Waals surface area contributed by atoms with Gasteiger partial charge in [0.2, 0.25) is 17.7 Å². The molecular formula is C19H26N4O5. The highest BCUT2D eigenvalue weighted by molar-refractivity contribution is 5.93. The van der Waals surface area contributed by atoms with Gasteiger partial charge in [-0.25, -0.2) is 4.79 Å². The highest BCUT2D eigenvalue weighted by Gasteiger charge is 2.37. The molecule has 1 aromatic carbocycles. The van der Waals surface area contributed by atoms with Crippen LogP contribution < -0.4 is 16.4 Å². The summed E-state index contributed by atoms with van der Waals surface area (Å²) in [6.07, 6.45) is 1.20. The first-order valence-corrected chi connectivity index (χ1v) is 9.20. The van der Waals surface area contributed by atoms with E-state index in [1.807, 2.05) is 6.07 Å². The van der Waals surface area contributed by atoms with Gasteiger partial charge in [0.1, 0.15) is 18.1 Å². The van der Waals surface area contributed by atoms with Crippen LogP contribution in [0.25, 0.3) is 0 Å². The van der Waals surface area contributed by atoms with E-state index < -0.39 is 41.8 Å². The Hall–Kier alpha value is -2.94. The quantitative estimate of drug-likeness (QED) is 0.460. The molecule has 0 spiro atoms. The van der Waals surface area contributed by atoms with Crippen molar-refractivity contribution < 1.29 is 24.3 Å². The zero-order chi connectivity index (χ0) is 20.7. The molecule has 0 aliphatic carbocycles. The number of carbonyl (C=O) groups is 4. The van der Waals surface area contributed by atoms with Gasteiger partial charge in [0.15, 0.2) is 0 Å². The van der Waals surface area contributed by atoms with Gasteiger partial charge in [-0.2, -0.15) is 0 Å². The van der Waals surface area contributed by atoms with Gasteiger partial charge >= 0.3 is 5.97 Å². The SMILES string of the molecule is CC(NC(=O)CN)C(=O)N1CCCC1C(=O)NC(Cc1ccccc1)C(=O)O. The second-order valence-electron chi connectivity index (χ2n) is 6.77. The van der Waals surface area contributed by atoms with Crippen LogP contribution in [0.5, 0.6) is 0 Å². The Bertz CT molecular complexity index is 724. The monoisotopic (exact) mass is 390 g/mol. The predicted octanol–water partition coefficient (Wildman–Crippen LogP) is -0.747. The highest BCUT2D eigenvalue weighted by Crippen LogP contribution is 2.19. The fourth-order valence-corrected chi connectivity index (χ4v) is 3.23. The summed E-state index contributed by atoms with van der Waals surface area (Å²) < 4.78 is 0. The fourth-order valence-electron chi connectivity index (χ4n) is 3.23. The molecule has 1 aromatic rings. The molecule has 152 valence electrons. The van der Waals surface area contributed by atoms with Crippen LogP contribution in [0.1, 0.15) is 25.3 Å². The van der Waals surface area contributed by atoms with Crippen molar-refractivity contribution in [2.45, 2.75) is 44.3 Å². The van der Waals surface area contributed by atoms with Crippen molar-refractivity contribution in [2.24, 2.45) is 5.73 Å². The molecule has 9 nitrogen and oxygen atoms in total. The lowest BCUT2D eigenvalue weighted by Crippen LogP contribution is -2.55. The maximum absolute atomic E-state index is 12.7. The van der Waals surface area contributed by atoms with Crippen LogP contribution in [0.2, 0.25) is 0 Å². The van der Waals surface area contributed by atoms with Gasteiger partial charge in [0.25, 0.3) is 0 Å². The van der Waals surface area contributed by atoms with Gasteiger partial charge in [-0.15, -0.1) is 0 Å². The van der Waals surface area contributed by atoms with E-state index in [1.165, 1.54) is 11.8 Å². The molecule has 1 fully saturated rings.